The molecular weight excluding hydrogens is 369 g/mol. The van der Waals surface area contributed by atoms with E-state index in [9.17, 15) is 14.0 Å². The van der Waals surface area contributed by atoms with Gasteiger partial charge in [0.1, 0.15) is 11.9 Å². The maximum absolute atomic E-state index is 13.5. The first-order valence-corrected chi connectivity index (χ1v) is 9.31. The van der Waals surface area contributed by atoms with Gasteiger partial charge in [-0.05, 0) is 28.8 Å². The van der Waals surface area contributed by atoms with Crippen molar-refractivity contribution in [1.82, 2.24) is 5.32 Å². The maximum atomic E-state index is 13.5. The second-order valence-electron chi connectivity index (χ2n) is 6.67. The Morgan fingerprint density at radius 3 is 2.00 bits per heavy atom. The van der Waals surface area contributed by atoms with Crippen molar-refractivity contribution >= 4 is 11.9 Å². The monoisotopic (exact) mass is 391 g/mol. The Bertz CT molecular complexity index is 921. The molecule has 3 rings (SSSR count). The summed E-state index contributed by atoms with van der Waals surface area (Å²) in [7, 11) is 1.26. The number of ether oxygens (including phenoxy) is 1. The first-order valence-electron chi connectivity index (χ1n) is 9.31. The number of hydrogen-bond acceptors (Lipinski definition) is 3. The highest BCUT2D eigenvalue weighted by Gasteiger charge is 2.28. The highest BCUT2D eigenvalue weighted by atomic mass is 19.1. The Morgan fingerprint density at radius 2 is 1.48 bits per heavy atom. The number of methoxy groups -OCH3 is 1. The van der Waals surface area contributed by atoms with Crippen LogP contribution in [0.5, 0.6) is 0 Å². The molecule has 5 heteroatoms. The molecule has 29 heavy (non-hydrogen) atoms. The number of carbonyl (C=O) groups is 2. The molecule has 0 spiro atoms. The van der Waals surface area contributed by atoms with Crippen molar-refractivity contribution < 1.29 is 18.7 Å². The second-order valence-corrected chi connectivity index (χ2v) is 6.67. The Balaban J connectivity index is 1.88. The van der Waals surface area contributed by atoms with Crippen LogP contribution in [0.25, 0.3) is 0 Å². The van der Waals surface area contributed by atoms with Gasteiger partial charge in [0.05, 0.1) is 13.0 Å². The summed E-state index contributed by atoms with van der Waals surface area (Å²) in [6.45, 7) is 0. The van der Waals surface area contributed by atoms with E-state index in [2.05, 4.69) is 5.32 Å². The number of rotatable bonds is 7. The minimum absolute atomic E-state index is 0.131. The zero-order valence-electron chi connectivity index (χ0n) is 16.0. The van der Waals surface area contributed by atoms with E-state index in [4.69, 9.17) is 4.74 Å². The Hall–Kier alpha value is -3.47. The third-order valence-electron chi connectivity index (χ3n) is 4.66. The topological polar surface area (TPSA) is 55.4 Å². The molecule has 0 saturated carbocycles. The quantitative estimate of drug-likeness (QED) is 0.623. The lowest BCUT2D eigenvalue weighted by Crippen LogP contribution is -2.45. The average Bonchev–Trinajstić information content (AvgIpc) is 2.74. The van der Waals surface area contributed by atoms with Crippen LogP contribution < -0.4 is 5.32 Å². The third-order valence-corrected chi connectivity index (χ3v) is 4.66. The summed E-state index contributed by atoms with van der Waals surface area (Å²) in [4.78, 5) is 25.5. The molecule has 0 aliphatic carbocycles. The van der Waals surface area contributed by atoms with E-state index in [0.717, 1.165) is 11.1 Å². The van der Waals surface area contributed by atoms with E-state index in [-0.39, 0.29) is 12.3 Å². The molecule has 1 amide bonds. The van der Waals surface area contributed by atoms with Gasteiger partial charge in [0.2, 0.25) is 5.91 Å². The lowest BCUT2D eigenvalue weighted by molar-refractivity contribution is -0.145. The Morgan fingerprint density at radius 1 is 0.897 bits per heavy atom. The van der Waals surface area contributed by atoms with Gasteiger partial charge in [-0.3, -0.25) is 4.79 Å². The van der Waals surface area contributed by atoms with Crippen LogP contribution in [0, 0.1) is 5.82 Å². The lowest BCUT2D eigenvalue weighted by Gasteiger charge is -2.22. The minimum atomic E-state index is -0.927. The van der Waals surface area contributed by atoms with Gasteiger partial charge >= 0.3 is 5.97 Å². The van der Waals surface area contributed by atoms with Crippen LogP contribution >= 0.6 is 0 Å². The summed E-state index contributed by atoms with van der Waals surface area (Å²) in [6, 6.07) is 23.7. The molecule has 0 aliphatic rings. The molecule has 0 aromatic heterocycles. The molecule has 0 radical (unpaired) electrons. The predicted molar refractivity (Wildman–Crippen MR) is 109 cm³/mol. The van der Waals surface area contributed by atoms with Gasteiger partial charge in [0, 0.05) is 6.42 Å². The zero-order valence-corrected chi connectivity index (χ0v) is 16.0. The van der Waals surface area contributed by atoms with Crippen molar-refractivity contribution in [2.24, 2.45) is 0 Å². The molecule has 4 nitrogen and oxygen atoms in total. The van der Waals surface area contributed by atoms with Crippen molar-refractivity contribution in [1.29, 1.82) is 0 Å². The van der Waals surface area contributed by atoms with Crippen LogP contribution in [0.2, 0.25) is 0 Å². The van der Waals surface area contributed by atoms with E-state index in [1.165, 1.54) is 19.2 Å². The molecule has 0 heterocycles. The van der Waals surface area contributed by atoms with E-state index in [1.54, 1.807) is 12.1 Å². The number of hydrogen-bond donors (Lipinski definition) is 1. The normalized spacial score (nSPS) is 11.7. The minimum Gasteiger partial charge on any atom is -0.467 e. The summed E-state index contributed by atoms with van der Waals surface area (Å²) < 4.78 is 18.4. The summed E-state index contributed by atoms with van der Waals surface area (Å²) in [6.07, 6.45) is 0.131. The Labute approximate surface area is 169 Å². The van der Waals surface area contributed by atoms with Crippen LogP contribution in [0.3, 0.4) is 0 Å². The fourth-order valence-corrected chi connectivity index (χ4v) is 3.28. The first kappa shape index (κ1) is 20.3. The average molecular weight is 391 g/mol. The molecule has 3 aromatic carbocycles. The smallest absolute Gasteiger partial charge is 0.328 e. The lowest BCUT2D eigenvalue weighted by atomic mass is 9.90. The summed E-state index contributed by atoms with van der Waals surface area (Å²) >= 11 is 0. The largest absolute Gasteiger partial charge is 0.467 e. The van der Waals surface area contributed by atoms with Crippen LogP contribution in [0.1, 0.15) is 22.6 Å². The van der Waals surface area contributed by atoms with Crippen molar-refractivity contribution in [3.63, 3.8) is 0 Å². The van der Waals surface area contributed by atoms with Gasteiger partial charge < -0.3 is 10.1 Å². The summed E-state index contributed by atoms with van der Waals surface area (Å²) in [5.74, 6) is -1.89. The molecule has 0 bridgehead atoms. The van der Waals surface area contributed by atoms with Gasteiger partial charge in [-0.2, -0.15) is 0 Å². The molecule has 1 atom stereocenters. The number of amides is 1. The highest BCUT2D eigenvalue weighted by molar-refractivity contribution is 5.91. The van der Waals surface area contributed by atoms with Crippen LogP contribution in [0.4, 0.5) is 4.39 Å². The predicted octanol–water partition coefficient (Wildman–Crippen LogP) is 3.86. The van der Waals surface area contributed by atoms with E-state index in [1.807, 2.05) is 60.7 Å². The Kier molecular flexibility index (Phi) is 6.74. The number of nitrogens with one attached hydrogen (secondary N) is 1. The number of halogens is 1. The molecule has 0 aliphatic heterocycles. The van der Waals surface area contributed by atoms with Crippen molar-refractivity contribution in [2.75, 3.05) is 7.11 Å². The molecule has 0 saturated heterocycles. The van der Waals surface area contributed by atoms with Gasteiger partial charge in [-0.1, -0.05) is 72.8 Å². The zero-order chi connectivity index (χ0) is 20.6. The fraction of sp³-hybridized carbons (Fsp3) is 0.167. The van der Waals surface area contributed by atoms with E-state index in [0.29, 0.717) is 5.56 Å². The SMILES string of the molecule is COC(=O)[C@@H](Cc1cccc(F)c1)NC(=O)C(c1ccccc1)c1ccccc1. The van der Waals surface area contributed by atoms with Crippen molar-refractivity contribution in [3.05, 3.63) is 107 Å². The van der Waals surface area contributed by atoms with Crippen LogP contribution in [-0.2, 0) is 20.7 Å². The second kappa shape index (κ2) is 9.64. The first-order chi connectivity index (χ1) is 14.1. The molecule has 0 unspecified atom stereocenters. The van der Waals surface area contributed by atoms with Gasteiger partial charge in [-0.25, -0.2) is 9.18 Å². The third kappa shape index (κ3) is 5.29. The summed E-state index contributed by atoms with van der Waals surface area (Å²) in [5, 5.41) is 2.80. The van der Waals surface area contributed by atoms with Crippen LogP contribution in [-0.4, -0.2) is 25.0 Å². The number of benzene rings is 3. The highest BCUT2D eigenvalue weighted by Crippen LogP contribution is 2.25. The molecule has 3 aromatic rings. The fourth-order valence-electron chi connectivity index (χ4n) is 3.28. The molecule has 1 N–H and O–H groups in total. The van der Waals surface area contributed by atoms with Crippen molar-refractivity contribution in [2.45, 2.75) is 18.4 Å². The molecule has 148 valence electrons. The van der Waals surface area contributed by atoms with Crippen LogP contribution in [0.15, 0.2) is 84.9 Å². The van der Waals surface area contributed by atoms with Gasteiger partial charge in [0.15, 0.2) is 0 Å². The van der Waals surface area contributed by atoms with Gasteiger partial charge in [0.25, 0.3) is 0 Å². The van der Waals surface area contributed by atoms with Gasteiger partial charge in [-0.15, -0.1) is 0 Å². The standard InChI is InChI=1S/C24H22FNO3/c1-29-24(28)21(16-17-9-8-14-20(25)15-17)26-23(27)22(18-10-4-2-5-11-18)19-12-6-3-7-13-19/h2-15,21-22H,16H2,1H3,(H,26,27)/t21-/m1/s1. The summed E-state index contributed by atoms with van der Waals surface area (Å²) in [5.41, 5.74) is 2.22. The van der Waals surface area contributed by atoms with E-state index < -0.39 is 23.7 Å². The maximum Gasteiger partial charge on any atom is 0.328 e. The number of carbonyl (C=O) groups excluding carboxylic acids is 2. The number of esters is 1. The van der Waals surface area contributed by atoms with Crippen molar-refractivity contribution in [3.8, 4) is 0 Å². The molecule has 0 fully saturated rings. The van der Waals surface area contributed by atoms with E-state index >= 15 is 0 Å². The molecular formula is C24H22FNO3.